The summed E-state index contributed by atoms with van der Waals surface area (Å²) in [6, 6.07) is 6.50. The van der Waals surface area contributed by atoms with E-state index in [2.05, 4.69) is 20.9 Å². The second-order valence-electron chi connectivity index (χ2n) is 5.20. The third kappa shape index (κ3) is 1.86. The van der Waals surface area contributed by atoms with Gasteiger partial charge in [0.15, 0.2) is 11.6 Å². The number of halogens is 1. The molecule has 0 saturated carbocycles. The number of fused-ring (bicyclic) bond motifs is 5. The van der Waals surface area contributed by atoms with E-state index < -0.39 is 10.7 Å². The predicted octanol–water partition coefficient (Wildman–Crippen LogP) is 3.93. The van der Waals surface area contributed by atoms with Crippen molar-refractivity contribution in [2.24, 2.45) is 0 Å². The van der Waals surface area contributed by atoms with Gasteiger partial charge in [0.2, 0.25) is 0 Å². The minimum absolute atomic E-state index is 0.0672. The van der Waals surface area contributed by atoms with E-state index in [9.17, 15) is 19.7 Å². The quantitative estimate of drug-likeness (QED) is 0.518. The Kier molecular flexibility index (Phi) is 2.76. The Morgan fingerprint density at radius 1 is 1.09 bits per heavy atom. The highest BCUT2D eigenvalue weighted by Crippen LogP contribution is 2.39. The zero-order chi connectivity index (χ0) is 16.3. The van der Waals surface area contributed by atoms with Crippen LogP contribution < -0.4 is 0 Å². The number of ketones is 2. The van der Waals surface area contributed by atoms with Crippen LogP contribution in [-0.2, 0) is 0 Å². The van der Waals surface area contributed by atoms with Crippen molar-refractivity contribution in [2.75, 3.05) is 0 Å². The van der Waals surface area contributed by atoms with Crippen LogP contribution in [0.1, 0.15) is 20.7 Å². The number of hydrogen-bond donors (Lipinski definition) is 1. The van der Waals surface area contributed by atoms with Crippen molar-refractivity contribution in [2.45, 2.75) is 0 Å². The van der Waals surface area contributed by atoms with Gasteiger partial charge >= 0.3 is 0 Å². The molecule has 0 unspecified atom stereocenters. The first-order valence-corrected chi connectivity index (χ1v) is 7.46. The van der Waals surface area contributed by atoms with Crippen molar-refractivity contribution in [1.29, 1.82) is 0 Å². The first-order chi connectivity index (χ1) is 11.0. The zero-order valence-electron chi connectivity index (χ0n) is 11.4. The van der Waals surface area contributed by atoms with Gasteiger partial charge in [0.1, 0.15) is 5.52 Å². The lowest BCUT2D eigenvalue weighted by molar-refractivity contribution is -0.383. The van der Waals surface area contributed by atoms with E-state index in [1.54, 1.807) is 18.2 Å². The highest BCUT2D eigenvalue weighted by Gasteiger charge is 2.29. The molecule has 3 aromatic rings. The molecule has 0 saturated heterocycles. The second-order valence-corrected chi connectivity index (χ2v) is 6.12. The predicted molar refractivity (Wildman–Crippen MR) is 88.0 cm³/mol. The molecular formula is C16H7BrN2O4. The van der Waals surface area contributed by atoms with E-state index in [0.29, 0.717) is 16.3 Å². The van der Waals surface area contributed by atoms with Crippen LogP contribution in [0.2, 0.25) is 0 Å². The van der Waals surface area contributed by atoms with Crippen LogP contribution in [0.25, 0.3) is 21.8 Å². The standard InChI is InChI=1S/C16H7BrN2O4/c17-7-1-2-10-8(5-7)15-14-9(12(20)3-4-13(14)21)6-11(19(22)23)16(15)18-10/h1-6,18H. The van der Waals surface area contributed by atoms with Gasteiger partial charge in [-0.15, -0.1) is 0 Å². The zero-order valence-corrected chi connectivity index (χ0v) is 13.0. The molecule has 1 N–H and O–H groups in total. The maximum Gasteiger partial charge on any atom is 0.294 e. The summed E-state index contributed by atoms with van der Waals surface area (Å²) in [5.74, 6) is -0.741. The van der Waals surface area contributed by atoms with Crippen molar-refractivity contribution in [1.82, 2.24) is 4.98 Å². The molecule has 0 bridgehead atoms. The van der Waals surface area contributed by atoms with Crippen LogP contribution in [0.15, 0.2) is 40.9 Å². The first kappa shape index (κ1) is 13.8. The first-order valence-electron chi connectivity index (χ1n) is 6.66. The Hall–Kier alpha value is -2.80. The number of allylic oxidation sites excluding steroid dienone is 2. The van der Waals surface area contributed by atoms with E-state index in [1.807, 2.05) is 0 Å². The third-order valence-corrected chi connectivity index (χ3v) is 4.41. The van der Waals surface area contributed by atoms with Gasteiger partial charge in [-0.3, -0.25) is 19.7 Å². The molecule has 4 rings (SSSR count). The summed E-state index contributed by atoms with van der Waals surface area (Å²) in [6.45, 7) is 0. The van der Waals surface area contributed by atoms with Gasteiger partial charge in [0.05, 0.1) is 4.92 Å². The fourth-order valence-corrected chi connectivity index (χ4v) is 3.31. The molecule has 1 heterocycles. The molecular weight excluding hydrogens is 364 g/mol. The normalized spacial score (nSPS) is 13.8. The Morgan fingerprint density at radius 2 is 1.83 bits per heavy atom. The number of H-pyrrole nitrogens is 1. The lowest BCUT2D eigenvalue weighted by Gasteiger charge is -2.10. The average molecular weight is 371 g/mol. The Balaban J connectivity index is 2.31. The molecule has 7 heteroatoms. The summed E-state index contributed by atoms with van der Waals surface area (Å²) >= 11 is 3.36. The monoisotopic (exact) mass is 370 g/mol. The Morgan fingerprint density at radius 3 is 2.57 bits per heavy atom. The highest BCUT2D eigenvalue weighted by molar-refractivity contribution is 9.10. The van der Waals surface area contributed by atoms with E-state index in [0.717, 1.165) is 10.5 Å². The summed E-state index contributed by atoms with van der Waals surface area (Å²) in [6.07, 6.45) is 2.34. The van der Waals surface area contributed by atoms with Gasteiger partial charge in [0.25, 0.3) is 5.69 Å². The van der Waals surface area contributed by atoms with Gasteiger partial charge < -0.3 is 4.98 Å². The van der Waals surface area contributed by atoms with E-state index in [1.165, 1.54) is 12.1 Å². The summed E-state index contributed by atoms with van der Waals surface area (Å²) in [5, 5.41) is 12.5. The number of carbonyl (C=O) groups excluding carboxylic acids is 2. The molecule has 1 aromatic heterocycles. The molecule has 0 atom stereocenters. The van der Waals surface area contributed by atoms with Crippen molar-refractivity contribution in [3.05, 3.63) is 62.1 Å². The summed E-state index contributed by atoms with van der Waals surface area (Å²) in [4.78, 5) is 38.2. The van der Waals surface area contributed by atoms with Gasteiger partial charge in [-0.1, -0.05) is 15.9 Å². The SMILES string of the molecule is O=C1C=CC(=O)c2c1cc([N+](=O)[O-])c1[nH]c3ccc(Br)cc3c21. The lowest BCUT2D eigenvalue weighted by Crippen LogP contribution is -2.12. The number of aromatic nitrogens is 1. The van der Waals surface area contributed by atoms with E-state index in [-0.39, 0.29) is 28.1 Å². The Labute approximate surface area is 137 Å². The second kappa shape index (κ2) is 4.60. The fourth-order valence-electron chi connectivity index (χ4n) is 2.95. The van der Waals surface area contributed by atoms with Gasteiger partial charge in [0, 0.05) is 38.0 Å². The summed E-state index contributed by atoms with van der Waals surface area (Å²) in [7, 11) is 0. The summed E-state index contributed by atoms with van der Waals surface area (Å²) in [5.41, 5.74) is 0.968. The van der Waals surface area contributed by atoms with Crippen molar-refractivity contribution < 1.29 is 14.5 Å². The van der Waals surface area contributed by atoms with Gasteiger partial charge in [-0.25, -0.2) is 0 Å². The van der Waals surface area contributed by atoms with Crippen LogP contribution in [0.3, 0.4) is 0 Å². The van der Waals surface area contributed by atoms with E-state index >= 15 is 0 Å². The van der Waals surface area contributed by atoms with Crippen LogP contribution >= 0.6 is 15.9 Å². The van der Waals surface area contributed by atoms with Crippen LogP contribution in [0.4, 0.5) is 5.69 Å². The maximum absolute atomic E-state index is 12.3. The number of hydrogen-bond acceptors (Lipinski definition) is 4. The Bertz CT molecular complexity index is 1090. The van der Waals surface area contributed by atoms with Crippen molar-refractivity contribution >= 4 is 55.0 Å². The molecule has 0 radical (unpaired) electrons. The molecule has 23 heavy (non-hydrogen) atoms. The molecule has 2 aromatic carbocycles. The largest absolute Gasteiger partial charge is 0.349 e. The van der Waals surface area contributed by atoms with E-state index in [4.69, 9.17) is 0 Å². The summed E-state index contributed by atoms with van der Waals surface area (Å²) < 4.78 is 0.774. The smallest absolute Gasteiger partial charge is 0.294 e. The molecule has 1 aliphatic rings. The lowest BCUT2D eigenvalue weighted by atomic mass is 9.90. The topological polar surface area (TPSA) is 93.1 Å². The fraction of sp³-hybridized carbons (Fsp3) is 0. The number of benzene rings is 2. The molecule has 0 fully saturated rings. The number of non-ortho nitro benzene ring substituents is 1. The number of nitro groups is 1. The van der Waals surface area contributed by atoms with Crippen LogP contribution in [0, 0.1) is 10.1 Å². The minimum Gasteiger partial charge on any atom is -0.349 e. The molecule has 0 spiro atoms. The van der Waals surface area contributed by atoms with Crippen molar-refractivity contribution in [3.63, 3.8) is 0 Å². The average Bonchev–Trinajstić information content (AvgIpc) is 2.88. The molecule has 0 amide bonds. The number of rotatable bonds is 1. The maximum atomic E-state index is 12.3. The highest BCUT2D eigenvalue weighted by atomic mass is 79.9. The number of nitro benzene ring substituents is 1. The van der Waals surface area contributed by atoms with Crippen molar-refractivity contribution in [3.8, 4) is 0 Å². The van der Waals surface area contributed by atoms with Gasteiger partial charge in [-0.05, 0) is 30.4 Å². The van der Waals surface area contributed by atoms with Gasteiger partial charge in [-0.2, -0.15) is 0 Å². The van der Waals surface area contributed by atoms with Crippen LogP contribution in [-0.4, -0.2) is 21.5 Å². The van der Waals surface area contributed by atoms with Crippen LogP contribution in [0.5, 0.6) is 0 Å². The molecule has 1 aliphatic carbocycles. The number of aromatic amines is 1. The number of nitrogens with one attached hydrogen (secondary N) is 1. The molecule has 0 aliphatic heterocycles. The number of nitrogens with zero attached hydrogens (tertiary/aromatic N) is 1. The minimum atomic E-state index is -0.552. The number of carbonyl (C=O) groups is 2. The third-order valence-electron chi connectivity index (χ3n) is 3.91. The molecule has 112 valence electrons. The molecule has 6 nitrogen and oxygen atoms in total.